The minimum absolute atomic E-state index is 0.0547. The smallest absolute Gasteiger partial charge is 0.231 e. The Kier molecular flexibility index (Phi) is 3.59. The van der Waals surface area contributed by atoms with E-state index >= 15 is 0 Å². The van der Waals surface area contributed by atoms with Crippen molar-refractivity contribution >= 4 is 48.5 Å². The van der Waals surface area contributed by atoms with Gasteiger partial charge in [0.2, 0.25) is 5.91 Å². The Morgan fingerprint density at radius 3 is 3.20 bits per heavy atom. The molecule has 5 nitrogen and oxygen atoms in total. The molecule has 0 saturated carbocycles. The molecule has 7 heteroatoms. The van der Waals surface area contributed by atoms with Gasteiger partial charge in [-0.1, -0.05) is 27.3 Å². The Morgan fingerprint density at radius 1 is 1.60 bits per heavy atom. The van der Waals surface area contributed by atoms with Gasteiger partial charge in [0.1, 0.15) is 0 Å². The van der Waals surface area contributed by atoms with E-state index < -0.39 is 0 Å². The van der Waals surface area contributed by atoms with E-state index in [1.807, 2.05) is 18.2 Å². The van der Waals surface area contributed by atoms with Gasteiger partial charge in [0.25, 0.3) is 0 Å². The molecule has 1 aliphatic heterocycles. The molecule has 1 aliphatic rings. The Balaban J connectivity index is 1.73. The van der Waals surface area contributed by atoms with E-state index in [0.717, 1.165) is 21.1 Å². The Morgan fingerprint density at radius 2 is 2.45 bits per heavy atom. The number of benzene rings is 1. The average molecular weight is 351 g/mol. The number of aromatic nitrogens is 1. The second-order valence-electron chi connectivity index (χ2n) is 4.65. The molecule has 3 rings (SSSR count). The van der Waals surface area contributed by atoms with Gasteiger partial charge in [0.15, 0.2) is 11.3 Å². The van der Waals surface area contributed by atoms with E-state index in [4.69, 9.17) is 5.26 Å². The molecule has 0 spiro atoms. The number of nitrogens with zero attached hydrogens (tertiary/aromatic N) is 3. The molecule has 1 saturated heterocycles. The summed E-state index contributed by atoms with van der Waals surface area (Å²) in [5, 5.41) is 12.3. The number of anilines is 1. The Labute approximate surface area is 128 Å². The molecule has 1 atom stereocenters. The van der Waals surface area contributed by atoms with E-state index in [1.165, 1.54) is 11.3 Å². The average Bonchev–Trinajstić information content (AvgIpc) is 3.03. The summed E-state index contributed by atoms with van der Waals surface area (Å²) in [6.45, 7) is 1.15. The zero-order chi connectivity index (χ0) is 14.1. The van der Waals surface area contributed by atoms with Crippen LogP contribution in [0.15, 0.2) is 22.7 Å². The second-order valence-corrected chi connectivity index (χ2v) is 6.60. The van der Waals surface area contributed by atoms with E-state index in [9.17, 15) is 4.79 Å². The van der Waals surface area contributed by atoms with Crippen LogP contribution in [0.1, 0.15) is 6.42 Å². The van der Waals surface area contributed by atoms with Gasteiger partial charge in [-0.3, -0.25) is 4.79 Å². The van der Waals surface area contributed by atoms with Crippen molar-refractivity contribution in [3.8, 4) is 6.19 Å². The van der Waals surface area contributed by atoms with Crippen LogP contribution >= 0.6 is 27.3 Å². The highest BCUT2D eigenvalue weighted by atomic mass is 79.9. The number of nitriles is 1. The fraction of sp³-hybridized carbons (Fsp3) is 0.308. The molecule has 1 aromatic heterocycles. The number of hydrogen-bond donors (Lipinski definition) is 1. The summed E-state index contributed by atoms with van der Waals surface area (Å²) in [5.74, 6) is -0.186. The number of hydrogen-bond acceptors (Lipinski definition) is 5. The first-order valence-corrected chi connectivity index (χ1v) is 7.78. The van der Waals surface area contributed by atoms with Crippen LogP contribution in [0.2, 0.25) is 0 Å². The lowest BCUT2D eigenvalue weighted by molar-refractivity contribution is -0.119. The highest BCUT2D eigenvalue weighted by Crippen LogP contribution is 2.29. The highest BCUT2D eigenvalue weighted by molar-refractivity contribution is 9.10. The van der Waals surface area contributed by atoms with Gasteiger partial charge >= 0.3 is 0 Å². The minimum atomic E-state index is -0.131. The van der Waals surface area contributed by atoms with Crippen molar-refractivity contribution < 1.29 is 4.79 Å². The lowest BCUT2D eigenvalue weighted by Crippen LogP contribution is -2.25. The summed E-state index contributed by atoms with van der Waals surface area (Å²) < 4.78 is 2.02. The summed E-state index contributed by atoms with van der Waals surface area (Å²) in [6, 6.07) is 5.82. The largest absolute Gasteiger partial charge is 0.310 e. The summed E-state index contributed by atoms with van der Waals surface area (Å²) in [4.78, 5) is 18.1. The lowest BCUT2D eigenvalue weighted by Gasteiger charge is -2.08. The van der Waals surface area contributed by atoms with E-state index in [1.54, 1.807) is 4.90 Å². The fourth-order valence-electron chi connectivity index (χ4n) is 2.22. The maximum atomic E-state index is 12.1. The van der Waals surface area contributed by atoms with Gasteiger partial charge in [-0.15, -0.1) is 0 Å². The van der Waals surface area contributed by atoms with Gasteiger partial charge in [-0.25, -0.2) is 4.98 Å². The molecule has 2 aromatic rings. The Hall–Kier alpha value is -1.65. The number of fused-ring (bicyclic) bond motifs is 1. The first-order chi connectivity index (χ1) is 9.65. The van der Waals surface area contributed by atoms with Gasteiger partial charge in [-0.2, -0.15) is 5.26 Å². The van der Waals surface area contributed by atoms with Crippen molar-refractivity contribution in [3.63, 3.8) is 0 Å². The number of nitrogens with one attached hydrogen (secondary N) is 1. The fourth-order valence-corrected chi connectivity index (χ4v) is 3.65. The molecule has 2 heterocycles. The summed E-state index contributed by atoms with van der Waals surface area (Å²) in [7, 11) is 0. The van der Waals surface area contributed by atoms with Gasteiger partial charge in [-0.05, 0) is 24.6 Å². The topological polar surface area (TPSA) is 69.0 Å². The zero-order valence-corrected chi connectivity index (χ0v) is 12.9. The molecule has 1 unspecified atom stereocenters. The van der Waals surface area contributed by atoms with Crippen LogP contribution in [0.3, 0.4) is 0 Å². The maximum Gasteiger partial charge on any atom is 0.231 e. The molecular formula is C13H11BrN4OS. The first kappa shape index (κ1) is 13.3. The molecule has 102 valence electrons. The van der Waals surface area contributed by atoms with Crippen molar-refractivity contribution in [1.29, 1.82) is 5.26 Å². The number of thiazole rings is 1. The van der Waals surface area contributed by atoms with E-state index in [2.05, 4.69) is 32.4 Å². The van der Waals surface area contributed by atoms with E-state index in [-0.39, 0.29) is 11.8 Å². The van der Waals surface area contributed by atoms with Crippen molar-refractivity contribution in [2.24, 2.45) is 5.92 Å². The quantitative estimate of drug-likeness (QED) is 0.845. The predicted octanol–water partition coefficient (Wildman–Crippen LogP) is 2.80. The van der Waals surface area contributed by atoms with Gasteiger partial charge in [0.05, 0.1) is 16.1 Å². The molecule has 1 aromatic carbocycles. The normalized spacial score (nSPS) is 18.2. The third kappa shape index (κ3) is 2.62. The second kappa shape index (κ2) is 5.38. The predicted molar refractivity (Wildman–Crippen MR) is 81.2 cm³/mol. The van der Waals surface area contributed by atoms with Crippen LogP contribution in [-0.2, 0) is 4.79 Å². The first-order valence-electron chi connectivity index (χ1n) is 6.17. The maximum absolute atomic E-state index is 12.1. The highest BCUT2D eigenvalue weighted by Gasteiger charge is 2.28. The monoisotopic (exact) mass is 350 g/mol. The van der Waals surface area contributed by atoms with Crippen molar-refractivity contribution in [1.82, 2.24) is 9.88 Å². The summed E-state index contributed by atoms with van der Waals surface area (Å²) >= 11 is 4.87. The van der Waals surface area contributed by atoms with Crippen LogP contribution in [0.5, 0.6) is 0 Å². The number of carbonyl (C=O) groups excluding carboxylic acids is 1. The van der Waals surface area contributed by atoms with Crippen LogP contribution in [0.25, 0.3) is 10.2 Å². The van der Waals surface area contributed by atoms with Crippen LogP contribution in [-0.4, -0.2) is 28.9 Å². The number of carbonyl (C=O) groups is 1. The number of amides is 1. The van der Waals surface area contributed by atoms with Crippen LogP contribution in [0, 0.1) is 17.4 Å². The van der Waals surface area contributed by atoms with Crippen molar-refractivity contribution in [3.05, 3.63) is 22.7 Å². The minimum Gasteiger partial charge on any atom is -0.310 e. The van der Waals surface area contributed by atoms with Crippen molar-refractivity contribution in [2.75, 3.05) is 18.4 Å². The number of halogens is 1. The van der Waals surface area contributed by atoms with E-state index in [0.29, 0.717) is 18.2 Å². The summed E-state index contributed by atoms with van der Waals surface area (Å²) in [6.07, 6.45) is 2.79. The third-order valence-corrected chi connectivity index (χ3v) is 4.71. The molecule has 1 fully saturated rings. The van der Waals surface area contributed by atoms with Crippen LogP contribution < -0.4 is 5.32 Å². The lowest BCUT2D eigenvalue weighted by atomic mass is 10.1. The molecule has 1 amide bonds. The van der Waals surface area contributed by atoms with Gasteiger partial charge in [0, 0.05) is 17.6 Å². The SMILES string of the molecule is N#CN1CCC(C(=O)Nc2nc3ccc(Br)cc3s2)C1. The van der Waals surface area contributed by atoms with Gasteiger partial charge < -0.3 is 10.2 Å². The molecule has 20 heavy (non-hydrogen) atoms. The zero-order valence-electron chi connectivity index (χ0n) is 10.5. The Bertz CT molecular complexity index is 708. The summed E-state index contributed by atoms with van der Waals surface area (Å²) in [5.41, 5.74) is 0.874. The number of rotatable bonds is 2. The van der Waals surface area contributed by atoms with Crippen molar-refractivity contribution in [2.45, 2.75) is 6.42 Å². The molecule has 0 bridgehead atoms. The standard InChI is InChI=1S/C13H11BrN4OS/c14-9-1-2-10-11(5-9)20-13(16-10)17-12(19)8-3-4-18(6-8)7-15/h1-2,5,8H,3-4,6H2,(H,16,17,19). The number of likely N-dealkylation sites (tertiary alicyclic amines) is 1. The molecule has 1 N–H and O–H groups in total. The van der Waals surface area contributed by atoms with Crippen LogP contribution in [0.4, 0.5) is 5.13 Å². The molecule has 0 radical (unpaired) electrons. The molecular weight excluding hydrogens is 340 g/mol. The molecule has 0 aliphatic carbocycles. The third-order valence-electron chi connectivity index (χ3n) is 3.28.